The highest BCUT2D eigenvalue weighted by Gasteiger charge is 2.30. The van der Waals surface area contributed by atoms with Crippen molar-refractivity contribution in [2.75, 3.05) is 5.75 Å². The highest BCUT2D eigenvalue weighted by molar-refractivity contribution is 7.99. The van der Waals surface area contributed by atoms with Gasteiger partial charge in [-0.15, -0.1) is 10.2 Å². The minimum absolute atomic E-state index is 0.00389. The standard InChI is InChI=1S/C24H27N5OS/c1-16(2)24(5,15-25)26-21(30)14-31-23-28-27-22(19-10-6-17(3)7-11-19)29(23)20-12-8-18(4)9-13-20/h6-13,16H,14H2,1-5H3,(H,26,30). The second-order valence-corrected chi connectivity index (χ2v) is 9.09. The molecule has 0 saturated heterocycles. The molecule has 0 bridgehead atoms. The van der Waals surface area contributed by atoms with Crippen molar-refractivity contribution in [3.63, 3.8) is 0 Å². The van der Waals surface area contributed by atoms with Gasteiger partial charge in [0.25, 0.3) is 0 Å². The molecule has 1 unspecified atom stereocenters. The van der Waals surface area contributed by atoms with Crippen molar-refractivity contribution in [2.24, 2.45) is 5.92 Å². The van der Waals surface area contributed by atoms with Gasteiger partial charge in [0.15, 0.2) is 11.0 Å². The van der Waals surface area contributed by atoms with Crippen LogP contribution in [0.2, 0.25) is 0 Å². The Bertz CT molecular complexity index is 1100. The number of carbonyl (C=O) groups is 1. The maximum Gasteiger partial charge on any atom is 0.231 e. The third-order valence-electron chi connectivity index (χ3n) is 5.35. The van der Waals surface area contributed by atoms with Crippen molar-refractivity contribution >= 4 is 17.7 Å². The number of nitriles is 1. The second-order valence-electron chi connectivity index (χ2n) is 8.15. The molecule has 3 aromatic rings. The molecule has 31 heavy (non-hydrogen) atoms. The van der Waals surface area contributed by atoms with Crippen molar-refractivity contribution in [3.05, 3.63) is 59.7 Å². The largest absolute Gasteiger partial charge is 0.337 e. The van der Waals surface area contributed by atoms with E-state index in [-0.39, 0.29) is 17.6 Å². The zero-order valence-electron chi connectivity index (χ0n) is 18.5. The summed E-state index contributed by atoms with van der Waals surface area (Å²) in [6, 6.07) is 18.4. The molecule has 0 fully saturated rings. The lowest BCUT2D eigenvalue weighted by molar-refractivity contribution is -0.120. The normalized spacial score (nSPS) is 12.9. The van der Waals surface area contributed by atoms with E-state index in [4.69, 9.17) is 0 Å². The van der Waals surface area contributed by atoms with Crippen molar-refractivity contribution in [2.45, 2.75) is 45.3 Å². The van der Waals surface area contributed by atoms with Gasteiger partial charge in [-0.05, 0) is 38.8 Å². The molecule has 6 nitrogen and oxygen atoms in total. The molecule has 0 aliphatic heterocycles. The number of nitrogens with zero attached hydrogens (tertiary/aromatic N) is 4. The molecule has 0 saturated carbocycles. The Balaban J connectivity index is 1.90. The minimum atomic E-state index is -0.907. The van der Waals surface area contributed by atoms with Crippen LogP contribution in [0.25, 0.3) is 17.1 Å². The topological polar surface area (TPSA) is 83.6 Å². The molecule has 1 atom stereocenters. The van der Waals surface area contributed by atoms with E-state index in [1.807, 2.05) is 80.8 Å². The van der Waals surface area contributed by atoms with E-state index in [2.05, 4.69) is 21.6 Å². The van der Waals surface area contributed by atoms with Crippen LogP contribution in [0.15, 0.2) is 53.7 Å². The highest BCUT2D eigenvalue weighted by Crippen LogP contribution is 2.28. The van der Waals surface area contributed by atoms with E-state index in [1.54, 1.807) is 6.92 Å². The number of aromatic nitrogens is 3. The first-order valence-electron chi connectivity index (χ1n) is 10.2. The fraction of sp³-hybridized carbons (Fsp3) is 0.333. The lowest BCUT2D eigenvalue weighted by Gasteiger charge is -2.27. The third kappa shape index (κ3) is 5.15. The van der Waals surface area contributed by atoms with Gasteiger partial charge in [0.2, 0.25) is 5.91 Å². The first-order valence-corrected chi connectivity index (χ1v) is 11.2. The van der Waals surface area contributed by atoms with Gasteiger partial charge in [-0.2, -0.15) is 5.26 Å². The summed E-state index contributed by atoms with van der Waals surface area (Å²) in [6.45, 7) is 9.65. The van der Waals surface area contributed by atoms with Crippen LogP contribution in [-0.4, -0.2) is 32.0 Å². The zero-order chi connectivity index (χ0) is 22.6. The van der Waals surface area contributed by atoms with Gasteiger partial charge in [0.1, 0.15) is 5.54 Å². The van der Waals surface area contributed by atoms with Gasteiger partial charge in [0, 0.05) is 11.3 Å². The predicted molar refractivity (Wildman–Crippen MR) is 124 cm³/mol. The van der Waals surface area contributed by atoms with E-state index in [1.165, 1.54) is 17.3 Å². The second kappa shape index (κ2) is 9.36. The van der Waals surface area contributed by atoms with E-state index >= 15 is 0 Å². The Morgan fingerprint density at radius 1 is 1.10 bits per heavy atom. The Morgan fingerprint density at radius 2 is 1.68 bits per heavy atom. The average Bonchev–Trinajstić information content (AvgIpc) is 3.17. The molecule has 7 heteroatoms. The molecular formula is C24H27N5OS. The van der Waals surface area contributed by atoms with Crippen LogP contribution in [0, 0.1) is 31.1 Å². The Hall–Kier alpha value is -3.11. The number of rotatable bonds is 7. The summed E-state index contributed by atoms with van der Waals surface area (Å²) in [6.07, 6.45) is 0. The summed E-state index contributed by atoms with van der Waals surface area (Å²) in [7, 11) is 0. The quantitative estimate of drug-likeness (QED) is 0.546. The Kier molecular flexibility index (Phi) is 6.81. The smallest absolute Gasteiger partial charge is 0.231 e. The lowest BCUT2D eigenvalue weighted by atomic mass is 9.90. The van der Waals surface area contributed by atoms with Gasteiger partial charge >= 0.3 is 0 Å². The van der Waals surface area contributed by atoms with Gasteiger partial charge in [0.05, 0.1) is 11.8 Å². The molecule has 1 amide bonds. The van der Waals surface area contributed by atoms with Crippen LogP contribution in [0.3, 0.4) is 0 Å². The maximum absolute atomic E-state index is 12.6. The van der Waals surface area contributed by atoms with Crippen LogP contribution in [0.5, 0.6) is 0 Å². The Labute approximate surface area is 187 Å². The molecule has 0 radical (unpaired) electrons. The summed E-state index contributed by atoms with van der Waals surface area (Å²) >= 11 is 1.30. The summed E-state index contributed by atoms with van der Waals surface area (Å²) in [4.78, 5) is 12.6. The van der Waals surface area contributed by atoms with Crippen LogP contribution >= 0.6 is 11.8 Å². The molecular weight excluding hydrogens is 406 g/mol. The molecule has 0 aliphatic carbocycles. The summed E-state index contributed by atoms with van der Waals surface area (Å²) in [5.74, 6) is 0.645. The number of carbonyl (C=O) groups excluding carboxylic acids is 1. The van der Waals surface area contributed by atoms with Crippen LogP contribution in [0.4, 0.5) is 0 Å². The molecule has 1 heterocycles. The van der Waals surface area contributed by atoms with Gasteiger partial charge in [-0.25, -0.2) is 0 Å². The number of hydrogen-bond acceptors (Lipinski definition) is 5. The highest BCUT2D eigenvalue weighted by atomic mass is 32.2. The number of benzene rings is 2. The van der Waals surface area contributed by atoms with E-state index in [0.29, 0.717) is 5.16 Å². The number of amides is 1. The number of hydrogen-bond donors (Lipinski definition) is 1. The molecule has 3 rings (SSSR count). The van der Waals surface area contributed by atoms with E-state index < -0.39 is 5.54 Å². The summed E-state index contributed by atoms with van der Waals surface area (Å²) in [5, 5.41) is 21.7. The minimum Gasteiger partial charge on any atom is -0.337 e. The van der Waals surface area contributed by atoms with Crippen molar-refractivity contribution in [1.29, 1.82) is 5.26 Å². The number of nitrogens with one attached hydrogen (secondary N) is 1. The van der Waals surface area contributed by atoms with Crippen molar-refractivity contribution < 1.29 is 4.79 Å². The van der Waals surface area contributed by atoms with Crippen molar-refractivity contribution in [1.82, 2.24) is 20.1 Å². The zero-order valence-corrected chi connectivity index (χ0v) is 19.3. The first-order chi connectivity index (χ1) is 14.7. The average molecular weight is 434 g/mol. The first kappa shape index (κ1) is 22.6. The third-order valence-corrected chi connectivity index (χ3v) is 6.28. The molecule has 2 aromatic carbocycles. The van der Waals surface area contributed by atoms with Crippen LogP contribution in [-0.2, 0) is 4.79 Å². The Morgan fingerprint density at radius 3 is 2.23 bits per heavy atom. The summed E-state index contributed by atoms with van der Waals surface area (Å²) in [5.41, 5.74) is 3.30. The number of aryl methyl sites for hydroxylation is 2. The molecule has 1 N–H and O–H groups in total. The molecule has 1 aromatic heterocycles. The summed E-state index contributed by atoms with van der Waals surface area (Å²) < 4.78 is 1.97. The predicted octanol–water partition coefficient (Wildman–Crippen LogP) is 4.70. The van der Waals surface area contributed by atoms with Gasteiger partial charge in [-0.1, -0.05) is 73.1 Å². The molecule has 0 spiro atoms. The molecule has 0 aliphatic rings. The van der Waals surface area contributed by atoms with Gasteiger partial charge < -0.3 is 5.32 Å². The fourth-order valence-corrected chi connectivity index (χ4v) is 3.69. The van der Waals surface area contributed by atoms with E-state index in [0.717, 1.165) is 22.6 Å². The maximum atomic E-state index is 12.6. The van der Waals surface area contributed by atoms with Crippen LogP contribution in [0.1, 0.15) is 31.9 Å². The monoisotopic (exact) mass is 433 g/mol. The number of thioether (sulfide) groups is 1. The fourth-order valence-electron chi connectivity index (χ4n) is 2.94. The van der Waals surface area contributed by atoms with Crippen molar-refractivity contribution in [3.8, 4) is 23.1 Å². The lowest BCUT2D eigenvalue weighted by Crippen LogP contribution is -2.49. The van der Waals surface area contributed by atoms with Crippen LogP contribution < -0.4 is 5.32 Å². The SMILES string of the molecule is Cc1ccc(-c2nnc(SCC(=O)NC(C)(C#N)C(C)C)n2-c2ccc(C)cc2)cc1. The van der Waals surface area contributed by atoms with E-state index in [9.17, 15) is 10.1 Å². The molecule has 160 valence electrons. The van der Waals surface area contributed by atoms with Gasteiger partial charge in [-0.3, -0.25) is 9.36 Å².